The Morgan fingerprint density at radius 2 is 1.77 bits per heavy atom. The first kappa shape index (κ1) is 10.1. The van der Waals surface area contributed by atoms with E-state index in [4.69, 9.17) is 17.3 Å². The Bertz CT molecular complexity index is 334. The summed E-state index contributed by atoms with van der Waals surface area (Å²) in [5.74, 6) is -1.53. The second kappa shape index (κ2) is 3.06. The number of benzene rings is 1. The maximum Gasteiger partial charge on any atom is 0.420 e. The third-order valence-corrected chi connectivity index (χ3v) is 1.72. The van der Waals surface area contributed by atoms with Crippen LogP contribution in [0.25, 0.3) is 0 Å². The molecule has 0 aromatic heterocycles. The summed E-state index contributed by atoms with van der Waals surface area (Å²) in [5.41, 5.74) is 2.86. The van der Waals surface area contributed by atoms with Gasteiger partial charge in [-0.3, -0.25) is 0 Å². The highest BCUT2D eigenvalue weighted by atomic mass is 35.5. The molecule has 0 saturated heterocycles. The predicted octanol–water partition coefficient (Wildman–Crippen LogP) is 3.08. The molecule has 6 heteroatoms. The van der Waals surface area contributed by atoms with Gasteiger partial charge in [0.25, 0.3) is 0 Å². The molecule has 0 unspecified atom stereocenters. The van der Waals surface area contributed by atoms with Crippen molar-refractivity contribution in [3.8, 4) is 0 Å². The molecular weight excluding hydrogens is 210 g/mol. The Labute approximate surface area is 76.1 Å². The molecule has 0 bridgehead atoms. The first-order chi connectivity index (χ1) is 5.84. The fourth-order valence-corrected chi connectivity index (χ4v) is 1.08. The van der Waals surface area contributed by atoms with E-state index >= 15 is 0 Å². The van der Waals surface area contributed by atoms with Gasteiger partial charge in [-0.05, 0) is 12.1 Å². The number of alkyl halides is 3. The van der Waals surface area contributed by atoms with Gasteiger partial charge in [0.15, 0.2) is 5.82 Å². The van der Waals surface area contributed by atoms with Crippen LogP contribution in [0.2, 0.25) is 5.02 Å². The third-order valence-electron chi connectivity index (χ3n) is 1.40. The lowest BCUT2D eigenvalue weighted by Crippen LogP contribution is -2.10. The smallest absolute Gasteiger partial charge is 0.396 e. The number of hydrogen-bond acceptors (Lipinski definition) is 1. The Hall–Kier alpha value is -0.970. The molecule has 0 radical (unpaired) electrons. The van der Waals surface area contributed by atoms with Gasteiger partial charge in [-0.25, -0.2) is 4.39 Å². The molecule has 1 nitrogen and oxygen atoms in total. The van der Waals surface area contributed by atoms with Crippen LogP contribution < -0.4 is 5.73 Å². The van der Waals surface area contributed by atoms with Gasteiger partial charge in [0.2, 0.25) is 0 Å². The molecule has 0 fully saturated rings. The van der Waals surface area contributed by atoms with Crippen LogP contribution in [0, 0.1) is 5.82 Å². The summed E-state index contributed by atoms with van der Waals surface area (Å²) in [7, 11) is 0. The van der Waals surface area contributed by atoms with Crippen molar-refractivity contribution in [1.29, 1.82) is 0 Å². The molecular formula is C7H4ClF4N. The van der Waals surface area contributed by atoms with Crippen molar-refractivity contribution in [3.63, 3.8) is 0 Å². The van der Waals surface area contributed by atoms with Crippen molar-refractivity contribution in [1.82, 2.24) is 0 Å². The normalized spacial score (nSPS) is 11.8. The minimum Gasteiger partial charge on any atom is -0.396 e. The highest BCUT2D eigenvalue weighted by molar-refractivity contribution is 6.31. The van der Waals surface area contributed by atoms with Crippen LogP contribution in [-0.4, -0.2) is 0 Å². The molecule has 2 N–H and O–H groups in total. The van der Waals surface area contributed by atoms with Crippen LogP contribution in [0.5, 0.6) is 0 Å². The number of hydrogen-bond donors (Lipinski definition) is 1. The molecule has 1 aromatic rings. The van der Waals surface area contributed by atoms with E-state index in [2.05, 4.69) is 0 Å². The van der Waals surface area contributed by atoms with Crippen molar-refractivity contribution < 1.29 is 17.6 Å². The fourth-order valence-electron chi connectivity index (χ4n) is 0.828. The van der Waals surface area contributed by atoms with Gasteiger partial charge >= 0.3 is 6.18 Å². The van der Waals surface area contributed by atoms with Gasteiger partial charge in [0.05, 0.1) is 10.7 Å². The highest BCUT2D eigenvalue weighted by Gasteiger charge is 2.37. The van der Waals surface area contributed by atoms with E-state index in [-0.39, 0.29) is 0 Å². The van der Waals surface area contributed by atoms with Crippen LogP contribution >= 0.6 is 11.6 Å². The largest absolute Gasteiger partial charge is 0.420 e. The molecule has 1 rings (SSSR count). The second-order valence-corrected chi connectivity index (χ2v) is 2.73. The Morgan fingerprint density at radius 1 is 1.23 bits per heavy atom. The molecule has 72 valence electrons. The number of anilines is 1. The number of rotatable bonds is 0. The topological polar surface area (TPSA) is 26.0 Å². The van der Waals surface area contributed by atoms with Crippen molar-refractivity contribution in [3.05, 3.63) is 28.5 Å². The van der Waals surface area contributed by atoms with E-state index in [1.54, 1.807) is 0 Å². The van der Waals surface area contributed by atoms with E-state index < -0.39 is 28.3 Å². The maximum absolute atomic E-state index is 12.8. The molecule has 1 aromatic carbocycles. The van der Waals surface area contributed by atoms with Crippen LogP contribution in [0.15, 0.2) is 12.1 Å². The van der Waals surface area contributed by atoms with Gasteiger partial charge in [-0.1, -0.05) is 11.6 Å². The van der Waals surface area contributed by atoms with Gasteiger partial charge in [-0.2, -0.15) is 13.2 Å². The highest BCUT2D eigenvalue weighted by Crippen LogP contribution is 2.38. The quantitative estimate of drug-likeness (QED) is 0.520. The molecule has 0 aliphatic carbocycles. The molecule has 0 heterocycles. The summed E-state index contributed by atoms with van der Waals surface area (Å²) in [4.78, 5) is 0. The molecule has 0 aliphatic rings. The Kier molecular flexibility index (Phi) is 2.38. The molecule has 0 amide bonds. The maximum atomic E-state index is 12.8. The Morgan fingerprint density at radius 3 is 2.15 bits per heavy atom. The summed E-state index contributed by atoms with van der Waals surface area (Å²) < 4.78 is 49.2. The first-order valence-electron chi connectivity index (χ1n) is 3.14. The summed E-state index contributed by atoms with van der Waals surface area (Å²) in [6.07, 6.45) is -4.82. The van der Waals surface area contributed by atoms with Crippen LogP contribution in [-0.2, 0) is 6.18 Å². The van der Waals surface area contributed by atoms with E-state index in [9.17, 15) is 17.6 Å². The standard InChI is InChI=1S/C7H4ClF4N/c8-3-1-2-4(13)6(9)5(3)7(10,11)12/h1-2H,13H2. The summed E-state index contributed by atoms with van der Waals surface area (Å²) in [5, 5.41) is -0.695. The molecule has 0 atom stereocenters. The number of nitrogen functional groups attached to an aromatic ring is 1. The number of nitrogens with two attached hydrogens (primary N) is 1. The van der Waals surface area contributed by atoms with Gasteiger partial charge in [0, 0.05) is 0 Å². The Balaban J connectivity index is 3.43. The van der Waals surface area contributed by atoms with Crippen molar-refractivity contribution in [2.45, 2.75) is 6.18 Å². The summed E-state index contributed by atoms with van der Waals surface area (Å²) in [6.45, 7) is 0. The number of halogens is 5. The van der Waals surface area contributed by atoms with Gasteiger partial charge < -0.3 is 5.73 Å². The van der Waals surface area contributed by atoms with Gasteiger partial charge in [0.1, 0.15) is 5.56 Å². The molecule has 13 heavy (non-hydrogen) atoms. The lowest BCUT2D eigenvalue weighted by molar-refractivity contribution is -0.139. The summed E-state index contributed by atoms with van der Waals surface area (Å²) in [6, 6.07) is 1.88. The summed E-state index contributed by atoms with van der Waals surface area (Å²) >= 11 is 5.17. The third kappa shape index (κ3) is 1.85. The van der Waals surface area contributed by atoms with Crippen LogP contribution in [0.3, 0.4) is 0 Å². The van der Waals surface area contributed by atoms with Crippen molar-refractivity contribution in [2.75, 3.05) is 5.73 Å². The van der Waals surface area contributed by atoms with Crippen molar-refractivity contribution in [2.24, 2.45) is 0 Å². The van der Waals surface area contributed by atoms with Crippen LogP contribution in [0.4, 0.5) is 23.2 Å². The van der Waals surface area contributed by atoms with E-state index in [1.165, 1.54) is 0 Å². The zero-order valence-corrected chi connectivity index (χ0v) is 6.88. The second-order valence-electron chi connectivity index (χ2n) is 2.32. The minimum absolute atomic E-state index is 0.572. The zero-order valence-electron chi connectivity index (χ0n) is 6.12. The molecule has 0 aliphatic heterocycles. The lowest BCUT2D eigenvalue weighted by Gasteiger charge is -2.10. The van der Waals surface area contributed by atoms with Crippen molar-refractivity contribution >= 4 is 17.3 Å². The lowest BCUT2D eigenvalue weighted by atomic mass is 10.2. The molecule has 0 saturated carbocycles. The van der Waals surface area contributed by atoms with E-state index in [1.807, 2.05) is 0 Å². The fraction of sp³-hybridized carbons (Fsp3) is 0.143. The predicted molar refractivity (Wildman–Crippen MR) is 40.8 cm³/mol. The van der Waals surface area contributed by atoms with E-state index in [0.29, 0.717) is 0 Å². The van der Waals surface area contributed by atoms with Crippen LogP contribution in [0.1, 0.15) is 5.56 Å². The van der Waals surface area contributed by atoms with Gasteiger partial charge in [-0.15, -0.1) is 0 Å². The SMILES string of the molecule is Nc1ccc(Cl)c(C(F)(F)F)c1F. The average molecular weight is 214 g/mol. The zero-order chi connectivity index (χ0) is 10.2. The first-order valence-corrected chi connectivity index (χ1v) is 3.52. The van der Waals surface area contributed by atoms with E-state index in [0.717, 1.165) is 12.1 Å². The molecule has 0 spiro atoms. The average Bonchev–Trinajstić information content (AvgIpc) is 1.95. The monoisotopic (exact) mass is 213 g/mol. The minimum atomic E-state index is -4.82.